The van der Waals surface area contributed by atoms with Crippen molar-refractivity contribution < 1.29 is 14.4 Å². The summed E-state index contributed by atoms with van der Waals surface area (Å²) in [5, 5.41) is 2.75. The van der Waals surface area contributed by atoms with Crippen LogP contribution in [0.5, 0.6) is 0 Å². The summed E-state index contributed by atoms with van der Waals surface area (Å²) in [6, 6.07) is 5.82. The fourth-order valence-corrected chi connectivity index (χ4v) is 1.79. The number of benzene rings is 1. The third-order valence-corrected chi connectivity index (χ3v) is 2.80. The average Bonchev–Trinajstić information content (AvgIpc) is 2.29. The van der Waals surface area contributed by atoms with E-state index in [1.54, 1.807) is 0 Å². The van der Waals surface area contributed by atoms with Crippen LogP contribution in [-0.2, 0) is 9.57 Å². The average molecular weight is 280 g/mol. The zero-order valence-electron chi connectivity index (χ0n) is 12.8. The van der Waals surface area contributed by atoms with Gasteiger partial charge in [0, 0.05) is 11.6 Å². The van der Waals surface area contributed by atoms with E-state index in [2.05, 4.69) is 10.2 Å². The molecule has 112 valence electrons. The van der Waals surface area contributed by atoms with Crippen LogP contribution in [0.2, 0.25) is 0 Å². The topological polar surface area (TPSA) is 73.6 Å². The zero-order valence-corrected chi connectivity index (χ0v) is 12.8. The van der Waals surface area contributed by atoms with Gasteiger partial charge in [-0.25, -0.2) is 10.7 Å². The molecule has 3 N–H and O–H groups in total. The minimum atomic E-state index is -0.509. The quantitative estimate of drug-likeness (QED) is 0.830. The second-order valence-electron chi connectivity index (χ2n) is 5.94. The highest BCUT2D eigenvalue weighted by Crippen LogP contribution is 2.22. The van der Waals surface area contributed by atoms with Crippen molar-refractivity contribution >= 4 is 11.8 Å². The molecule has 0 saturated carbocycles. The molecule has 0 fully saturated rings. The van der Waals surface area contributed by atoms with E-state index in [0.717, 1.165) is 16.8 Å². The first-order chi connectivity index (χ1) is 9.23. The van der Waals surface area contributed by atoms with E-state index >= 15 is 0 Å². The molecular formula is C15H24N2O3. The van der Waals surface area contributed by atoms with E-state index in [-0.39, 0.29) is 5.92 Å². The number of hydrogen-bond donors (Lipinski definition) is 2. The maximum Gasteiger partial charge on any atom is 0.412 e. The van der Waals surface area contributed by atoms with Crippen LogP contribution >= 0.6 is 0 Å². The van der Waals surface area contributed by atoms with Gasteiger partial charge in [-0.2, -0.15) is 0 Å². The Kier molecular flexibility index (Phi) is 5.53. The highest BCUT2D eigenvalue weighted by molar-refractivity contribution is 5.85. The van der Waals surface area contributed by atoms with E-state index in [1.807, 2.05) is 52.8 Å². The number of nitrogens with two attached hydrogens (primary N) is 1. The molecule has 0 bridgehead atoms. The van der Waals surface area contributed by atoms with Crippen molar-refractivity contribution in [3.8, 4) is 0 Å². The Hall–Kier alpha value is -1.59. The van der Waals surface area contributed by atoms with Crippen LogP contribution in [-0.4, -0.2) is 18.3 Å². The molecule has 5 heteroatoms. The lowest BCUT2D eigenvalue weighted by atomic mass is 9.99. The maximum atomic E-state index is 11.7. The Labute approximate surface area is 120 Å². The van der Waals surface area contributed by atoms with Crippen LogP contribution in [0.3, 0.4) is 0 Å². The number of amides is 1. The fraction of sp³-hybridized carbons (Fsp3) is 0.533. The molecule has 1 aromatic rings. The summed E-state index contributed by atoms with van der Waals surface area (Å²) >= 11 is 0. The minimum absolute atomic E-state index is 0.203. The van der Waals surface area contributed by atoms with Crippen molar-refractivity contribution in [3.05, 3.63) is 29.3 Å². The first kappa shape index (κ1) is 16.5. The number of aryl methyl sites for hydroxylation is 1. The lowest BCUT2D eigenvalue weighted by Gasteiger charge is -2.20. The Morgan fingerprint density at radius 2 is 2.05 bits per heavy atom. The number of anilines is 1. The molecule has 0 aromatic heterocycles. The first-order valence-electron chi connectivity index (χ1n) is 6.65. The molecule has 0 aliphatic carbocycles. The van der Waals surface area contributed by atoms with Crippen molar-refractivity contribution in [1.82, 2.24) is 0 Å². The molecule has 0 saturated heterocycles. The minimum Gasteiger partial charge on any atom is -0.444 e. The summed E-state index contributed by atoms with van der Waals surface area (Å²) in [6.45, 7) is 9.91. The van der Waals surface area contributed by atoms with Gasteiger partial charge in [0.2, 0.25) is 0 Å². The van der Waals surface area contributed by atoms with Crippen molar-refractivity contribution in [2.24, 2.45) is 5.90 Å². The van der Waals surface area contributed by atoms with Crippen LogP contribution in [0.15, 0.2) is 18.2 Å². The normalized spacial score (nSPS) is 12.9. The van der Waals surface area contributed by atoms with Crippen LogP contribution in [0.25, 0.3) is 0 Å². The summed E-state index contributed by atoms with van der Waals surface area (Å²) in [4.78, 5) is 16.4. The van der Waals surface area contributed by atoms with Crippen molar-refractivity contribution in [1.29, 1.82) is 0 Å². The number of nitrogens with one attached hydrogen (secondary N) is 1. The molecule has 5 nitrogen and oxygen atoms in total. The third-order valence-electron chi connectivity index (χ3n) is 2.80. The van der Waals surface area contributed by atoms with Crippen molar-refractivity contribution in [3.63, 3.8) is 0 Å². The van der Waals surface area contributed by atoms with Gasteiger partial charge in [-0.05, 0) is 44.9 Å². The molecule has 1 unspecified atom stereocenters. The molecular weight excluding hydrogens is 256 g/mol. The van der Waals surface area contributed by atoms with Gasteiger partial charge in [0.05, 0.1) is 6.61 Å². The molecule has 20 heavy (non-hydrogen) atoms. The van der Waals surface area contributed by atoms with Crippen LogP contribution < -0.4 is 11.2 Å². The van der Waals surface area contributed by atoms with E-state index in [9.17, 15) is 4.79 Å². The smallest absolute Gasteiger partial charge is 0.412 e. The molecule has 1 rings (SSSR count). The molecule has 0 radical (unpaired) electrons. The van der Waals surface area contributed by atoms with E-state index in [1.165, 1.54) is 0 Å². The molecule has 1 amide bonds. The number of carbonyl (C=O) groups is 1. The van der Waals surface area contributed by atoms with Crippen molar-refractivity contribution in [2.75, 3.05) is 11.9 Å². The summed E-state index contributed by atoms with van der Waals surface area (Å²) in [7, 11) is 0. The number of hydrogen-bond acceptors (Lipinski definition) is 4. The first-order valence-corrected chi connectivity index (χ1v) is 6.65. The second-order valence-corrected chi connectivity index (χ2v) is 5.94. The molecule has 1 atom stereocenters. The summed E-state index contributed by atoms with van der Waals surface area (Å²) in [5.41, 5.74) is 2.31. The third kappa shape index (κ3) is 5.19. The summed E-state index contributed by atoms with van der Waals surface area (Å²) < 4.78 is 5.23. The van der Waals surface area contributed by atoms with Gasteiger partial charge in [0.1, 0.15) is 5.60 Å². The van der Waals surface area contributed by atoms with Gasteiger partial charge in [0.25, 0.3) is 0 Å². The highest BCUT2D eigenvalue weighted by atomic mass is 16.6. The predicted octanol–water partition coefficient (Wildman–Crippen LogP) is 3.34. The second kappa shape index (κ2) is 6.72. The zero-order chi connectivity index (χ0) is 15.3. The maximum absolute atomic E-state index is 11.7. The van der Waals surface area contributed by atoms with Gasteiger partial charge >= 0.3 is 6.09 Å². The number of ether oxygens (including phenoxy) is 1. The molecule has 0 spiro atoms. The van der Waals surface area contributed by atoms with Gasteiger partial charge in [-0.3, -0.25) is 5.32 Å². The fourth-order valence-electron chi connectivity index (χ4n) is 1.79. The monoisotopic (exact) mass is 280 g/mol. The van der Waals surface area contributed by atoms with E-state index in [4.69, 9.17) is 10.6 Å². The SMILES string of the molecule is Cc1cc(C(C)CON)ccc1NC(=O)OC(C)(C)C. The Balaban J connectivity index is 2.76. The molecule has 0 aliphatic heterocycles. The molecule has 1 aromatic carbocycles. The van der Waals surface area contributed by atoms with Gasteiger partial charge in [-0.15, -0.1) is 0 Å². The summed E-state index contributed by atoms with van der Waals surface area (Å²) in [6.07, 6.45) is -0.452. The Morgan fingerprint density at radius 1 is 1.40 bits per heavy atom. The number of carbonyl (C=O) groups excluding carboxylic acids is 1. The Bertz CT molecular complexity index is 467. The van der Waals surface area contributed by atoms with Crippen LogP contribution in [0, 0.1) is 6.92 Å². The standard InChI is InChI=1S/C15H24N2O3/c1-10-8-12(11(2)9-19-16)6-7-13(10)17-14(18)20-15(3,4)5/h6-8,11H,9,16H2,1-5H3,(H,17,18). The number of rotatable bonds is 4. The van der Waals surface area contributed by atoms with Gasteiger partial charge < -0.3 is 9.57 Å². The van der Waals surface area contributed by atoms with E-state index < -0.39 is 11.7 Å². The molecule has 0 aliphatic rings. The van der Waals surface area contributed by atoms with Crippen molar-refractivity contribution in [2.45, 2.75) is 46.1 Å². The van der Waals surface area contributed by atoms with Crippen LogP contribution in [0.1, 0.15) is 44.7 Å². The van der Waals surface area contributed by atoms with E-state index in [0.29, 0.717) is 6.61 Å². The highest BCUT2D eigenvalue weighted by Gasteiger charge is 2.17. The lowest BCUT2D eigenvalue weighted by Crippen LogP contribution is -2.27. The summed E-state index contributed by atoms with van der Waals surface area (Å²) in [5.74, 6) is 5.29. The largest absolute Gasteiger partial charge is 0.444 e. The van der Waals surface area contributed by atoms with Gasteiger partial charge in [0.15, 0.2) is 0 Å². The predicted molar refractivity (Wildman–Crippen MR) is 79.6 cm³/mol. The lowest BCUT2D eigenvalue weighted by molar-refractivity contribution is 0.0636. The Morgan fingerprint density at radius 3 is 2.55 bits per heavy atom. The van der Waals surface area contributed by atoms with Crippen LogP contribution in [0.4, 0.5) is 10.5 Å². The molecule has 0 heterocycles. The van der Waals surface area contributed by atoms with Gasteiger partial charge in [-0.1, -0.05) is 19.1 Å².